The third-order valence-electron chi connectivity index (χ3n) is 3.91. The van der Waals surface area contributed by atoms with Gasteiger partial charge in [-0.1, -0.05) is 18.2 Å². The summed E-state index contributed by atoms with van der Waals surface area (Å²) in [4.78, 5) is 19.7. The Morgan fingerprint density at radius 1 is 1.33 bits per heavy atom. The minimum Gasteiger partial charge on any atom is -0.372 e. The SMILES string of the molecule is CCN(CCCNC(=O)Cc1cn2ccsc2n1)c1ccccc1. The van der Waals surface area contributed by atoms with Crippen LogP contribution in [0.2, 0.25) is 0 Å². The standard InChI is InChI=1S/C18H22N4OS/c1-2-21(16-7-4-3-5-8-16)10-6-9-19-17(23)13-15-14-22-11-12-24-18(22)20-15/h3-5,7-8,11-12,14H,2,6,9-10,13H2,1H3,(H,19,23). The number of imidazole rings is 1. The van der Waals surface area contributed by atoms with Gasteiger partial charge in [0.15, 0.2) is 4.96 Å². The molecule has 0 unspecified atom stereocenters. The van der Waals surface area contributed by atoms with E-state index >= 15 is 0 Å². The Labute approximate surface area is 145 Å². The number of hydrogen-bond acceptors (Lipinski definition) is 4. The maximum Gasteiger partial charge on any atom is 0.226 e. The summed E-state index contributed by atoms with van der Waals surface area (Å²) < 4.78 is 1.95. The van der Waals surface area contributed by atoms with Crippen LogP contribution in [-0.2, 0) is 11.2 Å². The summed E-state index contributed by atoms with van der Waals surface area (Å²) in [6, 6.07) is 10.4. The molecule has 3 aromatic rings. The number of carbonyl (C=O) groups is 1. The number of anilines is 1. The van der Waals surface area contributed by atoms with Crippen molar-refractivity contribution in [2.75, 3.05) is 24.5 Å². The van der Waals surface area contributed by atoms with Crippen LogP contribution < -0.4 is 10.2 Å². The van der Waals surface area contributed by atoms with E-state index in [-0.39, 0.29) is 5.91 Å². The van der Waals surface area contributed by atoms with Gasteiger partial charge in [-0.15, -0.1) is 11.3 Å². The molecule has 126 valence electrons. The zero-order valence-corrected chi connectivity index (χ0v) is 14.6. The first kappa shape index (κ1) is 16.5. The number of fused-ring (bicyclic) bond motifs is 1. The second-order valence-electron chi connectivity index (χ2n) is 5.62. The average molecular weight is 342 g/mol. The second kappa shape index (κ2) is 7.97. The van der Waals surface area contributed by atoms with Gasteiger partial charge in [-0.25, -0.2) is 4.98 Å². The molecule has 1 amide bonds. The minimum absolute atomic E-state index is 0.0310. The summed E-state index contributed by atoms with van der Waals surface area (Å²) in [5.74, 6) is 0.0310. The maximum atomic E-state index is 12.0. The van der Waals surface area contributed by atoms with E-state index in [4.69, 9.17) is 0 Å². The molecule has 0 saturated carbocycles. The first-order valence-corrected chi connectivity index (χ1v) is 9.12. The number of nitrogens with zero attached hydrogens (tertiary/aromatic N) is 3. The Morgan fingerprint density at radius 3 is 2.92 bits per heavy atom. The van der Waals surface area contributed by atoms with Gasteiger partial charge in [-0.3, -0.25) is 9.20 Å². The minimum atomic E-state index is 0.0310. The lowest BCUT2D eigenvalue weighted by atomic mass is 10.2. The lowest BCUT2D eigenvalue weighted by molar-refractivity contribution is -0.120. The van der Waals surface area contributed by atoms with Gasteiger partial charge in [0, 0.05) is 43.1 Å². The van der Waals surface area contributed by atoms with E-state index in [1.54, 1.807) is 11.3 Å². The van der Waals surface area contributed by atoms with E-state index in [2.05, 4.69) is 46.4 Å². The van der Waals surface area contributed by atoms with Gasteiger partial charge in [0.05, 0.1) is 12.1 Å². The molecule has 0 aliphatic heterocycles. The molecule has 2 heterocycles. The molecule has 0 atom stereocenters. The lowest BCUT2D eigenvalue weighted by Crippen LogP contribution is -2.30. The number of carbonyl (C=O) groups excluding carboxylic acids is 1. The molecular formula is C18H22N4OS. The first-order valence-electron chi connectivity index (χ1n) is 8.24. The fourth-order valence-corrected chi connectivity index (χ4v) is 3.41. The predicted molar refractivity (Wildman–Crippen MR) is 98.7 cm³/mol. The summed E-state index contributed by atoms with van der Waals surface area (Å²) in [6.07, 6.45) is 5.13. The van der Waals surface area contributed by atoms with Crippen LogP contribution in [0.15, 0.2) is 48.1 Å². The normalized spacial score (nSPS) is 10.9. The number of hydrogen-bond donors (Lipinski definition) is 1. The lowest BCUT2D eigenvalue weighted by Gasteiger charge is -2.23. The van der Waals surface area contributed by atoms with Crippen LogP contribution in [0.5, 0.6) is 0 Å². The van der Waals surface area contributed by atoms with E-state index < -0.39 is 0 Å². The molecule has 24 heavy (non-hydrogen) atoms. The zero-order chi connectivity index (χ0) is 16.8. The molecule has 0 aliphatic carbocycles. The molecular weight excluding hydrogens is 320 g/mol. The predicted octanol–water partition coefficient (Wildman–Crippen LogP) is 2.97. The number of amides is 1. The van der Waals surface area contributed by atoms with Crippen LogP contribution in [0, 0.1) is 0 Å². The van der Waals surface area contributed by atoms with E-state index in [0.717, 1.165) is 30.2 Å². The summed E-state index contributed by atoms with van der Waals surface area (Å²) in [6.45, 7) is 4.73. The Kier molecular flexibility index (Phi) is 5.48. The highest BCUT2D eigenvalue weighted by Crippen LogP contribution is 2.13. The van der Waals surface area contributed by atoms with Crippen molar-refractivity contribution in [1.82, 2.24) is 14.7 Å². The van der Waals surface area contributed by atoms with Crippen LogP contribution in [0.3, 0.4) is 0 Å². The Balaban J connectivity index is 1.41. The Hall–Kier alpha value is -2.34. The van der Waals surface area contributed by atoms with Crippen molar-refractivity contribution in [2.45, 2.75) is 19.8 Å². The molecule has 5 nitrogen and oxygen atoms in total. The fraction of sp³-hybridized carbons (Fsp3) is 0.333. The Bertz CT molecular complexity index is 752. The summed E-state index contributed by atoms with van der Waals surface area (Å²) in [5, 5.41) is 4.97. The van der Waals surface area contributed by atoms with Crippen LogP contribution in [-0.4, -0.2) is 34.9 Å². The summed E-state index contributed by atoms with van der Waals surface area (Å²) in [5.41, 5.74) is 2.04. The molecule has 0 radical (unpaired) electrons. The molecule has 0 bridgehead atoms. The average Bonchev–Trinajstić information content (AvgIpc) is 3.17. The van der Waals surface area contributed by atoms with Gasteiger partial charge >= 0.3 is 0 Å². The number of aromatic nitrogens is 2. The highest BCUT2D eigenvalue weighted by atomic mass is 32.1. The van der Waals surface area contributed by atoms with Gasteiger partial charge in [-0.2, -0.15) is 0 Å². The van der Waals surface area contributed by atoms with Crippen LogP contribution in [0.4, 0.5) is 5.69 Å². The molecule has 1 aromatic carbocycles. The topological polar surface area (TPSA) is 49.6 Å². The smallest absolute Gasteiger partial charge is 0.226 e. The number of benzene rings is 1. The number of rotatable bonds is 8. The number of para-hydroxylation sites is 1. The Morgan fingerprint density at radius 2 is 2.17 bits per heavy atom. The van der Waals surface area contributed by atoms with Crippen LogP contribution in [0.25, 0.3) is 4.96 Å². The molecule has 0 fully saturated rings. The van der Waals surface area contributed by atoms with Gasteiger partial charge in [0.2, 0.25) is 5.91 Å². The van der Waals surface area contributed by atoms with E-state index in [1.807, 2.05) is 28.2 Å². The van der Waals surface area contributed by atoms with Crippen molar-refractivity contribution in [1.29, 1.82) is 0 Å². The first-order chi connectivity index (χ1) is 11.8. The van der Waals surface area contributed by atoms with Gasteiger partial charge in [-0.05, 0) is 25.5 Å². The zero-order valence-electron chi connectivity index (χ0n) is 13.8. The fourth-order valence-electron chi connectivity index (χ4n) is 2.69. The van der Waals surface area contributed by atoms with Gasteiger partial charge < -0.3 is 10.2 Å². The highest BCUT2D eigenvalue weighted by molar-refractivity contribution is 7.15. The molecule has 2 aromatic heterocycles. The molecule has 1 N–H and O–H groups in total. The van der Waals surface area contributed by atoms with E-state index in [1.165, 1.54) is 5.69 Å². The quantitative estimate of drug-likeness (QED) is 0.640. The van der Waals surface area contributed by atoms with Gasteiger partial charge in [0.25, 0.3) is 0 Å². The highest BCUT2D eigenvalue weighted by Gasteiger charge is 2.08. The third kappa shape index (κ3) is 4.14. The number of nitrogens with one attached hydrogen (secondary N) is 1. The second-order valence-corrected chi connectivity index (χ2v) is 6.49. The van der Waals surface area contributed by atoms with E-state index in [9.17, 15) is 4.79 Å². The maximum absolute atomic E-state index is 12.0. The molecule has 3 rings (SSSR count). The van der Waals surface area contributed by atoms with Crippen LogP contribution >= 0.6 is 11.3 Å². The van der Waals surface area contributed by atoms with Crippen LogP contribution in [0.1, 0.15) is 19.0 Å². The molecule has 0 spiro atoms. The number of thiazole rings is 1. The van der Waals surface area contributed by atoms with Crippen molar-refractivity contribution in [2.24, 2.45) is 0 Å². The molecule has 0 aliphatic rings. The van der Waals surface area contributed by atoms with Crippen molar-refractivity contribution in [3.63, 3.8) is 0 Å². The summed E-state index contributed by atoms with van der Waals surface area (Å²) in [7, 11) is 0. The van der Waals surface area contributed by atoms with Crippen molar-refractivity contribution in [3.05, 3.63) is 53.8 Å². The molecule has 6 heteroatoms. The monoisotopic (exact) mass is 342 g/mol. The van der Waals surface area contributed by atoms with E-state index in [0.29, 0.717) is 13.0 Å². The van der Waals surface area contributed by atoms with Crippen molar-refractivity contribution in [3.8, 4) is 0 Å². The largest absolute Gasteiger partial charge is 0.372 e. The third-order valence-corrected chi connectivity index (χ3v) is 4.69. The van der Waals surface area contributed by atoms with Crippen molar-refractivity contribution < 1.29 is 4.79 Å². The van der Waals surface area contributed by atoms with Crippen molar-refractivity contribution >= 4 is 27.9 Å². The van der Waals surface area contributed by atoms with Gasteiger partial charge in [0.1, 0.15) is 0 Å². The summed E-state index contributed by atoms with van der Waals surface area (Å²) >= 11 is 1.57. The molecule has 0 saturated heterocycles.